The van der Waals surface area contributed by atoms with Gasteiger partial charge in [0.2, 0.25) is 5.13 Å². The van der Waals surface area contributed by atoms with E-state index in [1.54, 1.807) is 16.7 Å². The summed E-state index contributed by atoms with van der Waals surface area (Å²) in [6, 6.07) is 7.32. The first-order valence-electron chi connectivity index (χ1n) is 8.21. The molecule has 3 rings (SSSR count). The first-order chi connectivity index (χ1) is 12.2. The van der Waals surface area contributed by atoms with Crippen LogP contribution in [-0.4, -0.2) is 54.8 Å². The molecule has 0 unspecified atom stereocenters. The number of ether oxygens (including phenoxy) is 1. The molecule has 1 aliphatic rings. The maximum absolute atomic E-state index is 12.0. The van der Waals surface area contributed by atoms with E-state index in [2.05, 4.69) is 20.8 Å². The molecule has 0 radical (unpaired) electrons. The number of hydrogen-bond donors (Lipinski definition) is 3. The number of rotatable bonds is 6. The number of carbonyl (C=O) groups excluding carboxylic acids is 1. The van der Waals surface area contributed by atoms with E-state index < -0.39 is 0 Å². The molecule has 1 aromatic heterocycles. The summed E-state index contributed by atoms with van der Waals surface area (Å²) >= 11 is 3.07. The van der Waals surface area contributed by atoms with E-state index in [0.29, 0.717) is 5.13 Å². The number of amides is 2. The van der Waals surface area contributed by atoms with Gasteiger partial charge in [0.1, 0.15) is 13.1 Å². The van der Waals surface area contributed by atoms with Gasteiger partial charge in [0.05, 0.1) is 19.8 Å². The normalized spacial score (nSPS) is 15.1. The minimum Gasteiger partial charge on any atom is -0.370 e. The van der Waals surface area contributed by atoms with Crippen LogP contribution in [0.1, 0.15) is 5.56 Å². The summed E-state index contributed by atoms with van der Waals surface area (Å²) in [4.78, 5) is 13.6. The third-order valence-corrected chi connectivity index (χ3v) is 5.79. The summed E-state index contributed by atoms with van der Waals surface area (Å²) in [5, 5.41) is 14.2. The molecule has 1 aliphatic heterocycles. The third kappa shape index (κ3) is 5.96. The molecule has 2 aromatic rings. The van der Waals surface area contributed by atoms with Crippen LogP contribution in [0, 0.1) is 6.92 Å². The Hall–Kier alpha value is -1.68. The number of benzene rings is 1. The predicted octanol–water partition coefficient (Wildman–Crippen LogP) is 1.50. The number of nitrogens with one attached hydrogen (secondary N) is 3. The smallest absolute Gasteiger partial charge is 0.325 e. The van der Waals surface area contributed by atoms with E-state index in [9.17, 15) is 4.79 Å². The molecule has 0 saturated carbocycles. The molecule has 1 fully saturated rings. The van der Waals surface area contributed by atoms with Crippen LogP contribution in [0.4, 0.5) is 15.6 Å². The molecule has 2 amide bonds. The Morgan fingerprint density at radius 3 is 2.76 bits per heavy atom. The summed E-state index contributed by atoms with van der Waals surface area (Å²) < 4.78 is 6.23. The van der Waals surface area contributed by atoms with Gasteiger partial charge in [-0.3, -0.25) is 5.32 Å². The molecule has 134 valence electrons. The van der Waals surface area contributed by atoms with E-state index in [-0.39, 0.29) is 6.03 Å². The average Bonchev–Trinajstić information content (AvgIpc) is 3.05. The Kier molecular flexibility index (Phi) is 6.62. The first-order valence-corrected chi connectivity index (χ1v) is 10.0. The SMILES string of the molecule is Cc1ccc(NC(=O)Nc2nnc(SCC[NH+]3CCOCC3)s2)cc1. The lowest BCUT2D eigenvalue weighted by Gasteiger charge is -2.23. The number of carbonyl (C=O) groups is 1. The number of quaternary nitrogens is 1. The molecule has 3 N–H and O–H groups in total. The van der Waals surface area contributed by atoms with Gasteiger partial charge in [0.15, 0.2) is 4.34 Å². The average molecular weight is 381 g/mol. The number of hydrogen-bond acceptors (Lipinski definition) is 6. The van der Waals surface area contributed by atoms with Crippen molar-refractivity contribution in [2.45, 2.75) is 11.3 Å². The topological polar surface area (TPSA) is 80.6 Å². The lowest BCUT2D eigenvalue weighted by Crippen LogP contribution is -3.14. The Balaban J connectivity index is 1.41. The second kappa shape index (κ2) is 9.14. The number of thioether (sulfide) groups is 1. The lowest BCUT2D eigenvalue weighted by molar-refractivity contribution is -0.905. The van der Waals surface area contributed by atoms with Crippen LogP contribution < -0.4 is 15.5 Å². The van der Waals surface area contributed by atoms with Crippen LogP contribution in [-0.2, 0) is 4.74 Å². The van der Waals surface area contributed by atoms with Crippen LogP contribution in [0.15, 0.2) is 28.6 Å². The fourth-order valence-electron chi connectivity index (χ4n) is 2.41. The molecule has 1 saturated heterocycles. The van der Waals surface area contributed by atoms with Crippen LogP contribution >= 0.6 is 23.1 Å². The number of nitrogens with zero attached hydrogens (tertiary/aromatic N) is 2. The zero-order chi connectivity index (χ0) is 17.5. The molecule has 25 heavy (non-hydrogen) atoms. The molecule has 0 bridgehead atoms. The Labute approximate surface area is 155 Å². The van der Waals surface area contributed by atoms with Crippen molar-refractivity contribution >= 4 is 39.9 Å². The number of anilines is 2. The summed E-state index contributed by atoms with van der Waals surface area (Å²) in [7, 11) is 0. The fourth-order valence-corrected chi connectivity index (χ4v) is 4.27. The van der Waals surface area contributed by atoms with Crippen molar-refractivity contribution in [1.82, 2.24) is 10.2 Å². The monoisotopic (exact) mass is 380 g/mol. The molecule has 0 atom stereocenters. The van der Waals surface area contributed by atoms with Gasteiger partial charge in [0, 0.05) is 11.4 Å². The number of aromatic nitrogens is 2. The number of morpholine rings is 1. The van der Waals surface area contributed by atoms with Crippen LogP contribution in [0.25, 0.3) is 0 Å². The van der Waals surface area contributed by atoms with Gasteiger partial charge in [-0.1, -0.05) is 40.8 Å². The van der Waals surface area contributed by atoms with Gasteiger partial charge in [-0.25, -0.2) is 4.79 Å². The van der Waals surface area contributed by atoms with E-state index in [0.717, 1.165) is 54.2 Å². The first kappa shape index (κ1) is 18.1. The van der Waals surface area contributed by atoms with E-state index in [1.807, 2.05) is 31.2 Å². The summed E-state index contributed by atoms with van der Waals surface area (Å²) in [5.74, 6) is 0.986. The minimum atomic E-state index is -0.311. The van der Waals surface area contributed by atoms with Gasteiger partial charge in [-0.15, -0.1) is 10.2 Å². The minimum absolute atomic E-state index is 0.311. The third-order valence-electron chi connectivity index (χ3n) is 3.82. The van der Waals surface area contributed by atoms with E-state index in [1.165, 1.54) is 11.3 Å². The zero-order valence-electron chi connectivity index (χ0n) is 14.1. The molecular weight excluding hydrogens is 358 g/mol. The second-order valence-corrected chi connectivity index (χ2v) is 8.10. The van der Waals surface area contributed by atoms with Gasteiger partial charge >= 0.3 is 6.03 Å². The second-order valence-electron chi connectivity index (χ2n) is 5.78. The highest BCUT2D eigenvalue weighted by molar-refractivity contribution is 8.01. The highest BCUT2D eigenvalue weighted by atomic mass is 32.2. The zero-order valence-corrected chi connectivity index (χ0v) is 15.7. The van der Waals surface area contributed by atoms with Crippen molar-refractivity contribution in [3.63, 3.8) is 0 Å². The van der Waals surface area contributed by atoms with Gasteiger partial charge in [-0.2, -0.15) is 0 Å². The largest absolute Gasteiger partial charge is 0.370 e. The quantitative estimate of drug-likeness (QED) is 0.523. The highest BCUT2D eigenvalue weighted by Crippen LogP contribution is 2.25. The molecule has 2 heterocycles. The molecular formula is C16H22N5O2S2+. The van der Waals surface area contributed by atoms with Crippen molar-refractivity contribution in [1.29, 1.82) is 0 Å². The molecule has 0 aliphatic carbocycles. The van der Waals surface area contributed by atoms with E-state index in [4.69, 9.17) is 4.74 Å². The molecule has 9 heteroatoms. The predicted molar refractivity (Wildman–Crippen MR) is 101 cm³/mol. The Morgan fingerprint density at radius 2 is 2.00 bits per heavy atom. The van der Waals surface area contributed by atoms with Crippen molar-refractivity contribution in [3.8, 4) is 0 Å². The van der Waals surface area contributed by atoms with Crippen molar-refractivity contribution in [2.75, 3.05) is 49.2 Å². The van der Waals surface area contributed by atoms with Crippen molar-refractivity contribution in [3.05, 3.63) is 29.8 Å². The maximum Gasteiger partial charge on any atom is 0.325 e. The summed E-state index contributed by atoms with van der Waals surface area (Å²) in [5.41, 5.74) is 1.89. The van der Waals surface area contributed by atoms with Gasteiger partial charge in [-0.05, 0) is 19.1 Å². The summed E-state index contributed by atoms with van der Waals surface area (Å²) in [6.45, 7) is 6.94. The Morgan fingerprint density at radius 1 is 1.24 bits per heavy atom. The fraction of sp³-hybridized carbons (Fsp3) is 0.438. The van der Waals surface area contributed by atoms with Crippen molar-refractivity contribution < 1.29 is 14.4 Å². The molecule has 0 spiro atoms. The maximum atomic E-state index is 12.0. The molecule has 7 nitrogen and oxygen atoms in total. The van der Waals surface area contributed by atoms with Crippen LogP contribution in [0.3, 0.4) is 0 Å². The van der Waals surface area contributed by atoms with E-state index >= 15 is 0 Å². The van der Waals surface area contributed by atoms with Crippen molar-refractivity contribution in [2.24, 2.45) is 0 Å². The van der Waals surface area contributed by atoms with Crippen LogP contribution in [0.5, 0.6) is 0 Å². The van der Waals surface area contributed by atoms with Crippen LogP contribution in [0.2, 0.25) is 0 Å². The number of aryl methyl sites for hydroxylation is 1. The highest BCUT2D eigenvalue weighted by Gasteiger charge is 2.14. The molecule has 1 aromatic carbocycles. The van der Waals surface area contributed by atoms with Gasteiger partial charge in [0.25, 0.3) is 0 Å². The standard InChI is InChI=1S/C16H21N5O2S2/c1-12-2-4-13(5-3-12)17-14(22)18-15-19-20-16(25-15)24-11-8-21-6-9-23-10-7-21/h2-5H,6-11H2,1H3,(H2,17,18,19,22)/p+1. The lowest BCUT2D eigenvalue weighted by atomic mass is 10.2. The summed E-state index contributed by atoms with van der Waals surface area (Å²) in [6.07, 6.45) is 0. The van der Waals surface area contributed by atoms with Gasteiger partial charge < -0.3 is 15.0 Å². The Bertz CT molecular complexity index is 686. The number of urea groups is 1.